The molecule has 0 amide bonds. The van der Waals surface area contributed by atoms with Gasteiger partial charge in [-0.25, -0.2) is 0 Å². The van der Waals surface area contributed by atoms with Crippen molar-refractivity contribution in [1.82, 2.24) is 10.6 Å². The molecule has 0 unspecified atom stereocenters. The molecule has 0 aromatic heterocycles. The van der Waals surface area contributed by atoms with E-state index in [-0.39, 0.29) is 0 Å². The maximum Gasteiger partial charge on any atom is 0.0465 e. The zero-order valence-corrected chi connectivity index (χ0v) is 11.3. The standard InChI is InChI=1S/C13H18Cl2N2/c14-12-5-3-6-13(15)11(12)9-16-8-10-4-1-2-7-17-10/h3,5-6,10,16-17H,1-2,4,7-9H2/t10-/m0/s1. The Labute approximate surface area is 113 Å². The average molecular weight is 273 g/mol. The van der Waals surface area contributed by atoms with Crippen molar-refractivity contribution < 1.29 is 0 Å². The molecule has 1 aromatic carbocycles. The molecular formula is C13H18Cl2N2. The maximum absolute atomic E-state index is 6.11. The van der Waals surface area contributed by atoms with Crippen molar-refractivity contribution in [2.75, 3.05) is 13.1 Å². The van der Waals surface area contributed by atoms with Crippen LogP contribution in [0.15, 0.2) is 18.2 Å². The van der Waals surface area contributed by atoms with E-state index in [4.69, 9.17) is 23.2 Å². The highest BCUT2D eigenvalue weighted by molar-refractivity contribution is 6.35. The number of hydrogen-bond donors (Lipinski definition) is 2. The van der Waals surface area contributed by atoms with Crippen molar-refractivity contribution in [3.8, 4) is 0 Å². The Kier molecular flexibility index (Phi) is 5.11. The Morgan fingerprint density at radius 1 is 1.24 bits per heavy atom. The molecule has 1 aliphatic heterocycles. The van der Waals surface area contributed by atoms with E-state index >= 15 is 0 Å². The summed E-state index contributed by atoms with van der Waals surface area (Å²) in [5.74, 6) is 0. The van der Waals surface area contributed by atoms with Gasteiger partial charge in [-0.1, -0.05) is 35.7 Å². The molecular weight excluding hydrogens is 255 g/mol. The van der Waals surface area contributed by atoms with Crippen molar-refractivity contribution in [1.29, 1.82) is 0 Å². The Morgan fingerprint density at radius 3 is 2.65 bits per heavy atom. The van der Waals surface area contributed by atoms with Gasteiger partial charge in [0.05, 0.1) is 0 Å². The van der Waals surface area contributed by atoms with Crippen molar-refractivity contribution in [3.63, 3.8) is 0 Å². The maximum atomic E-state index is 6.11. The van der Waals surface area contributed by atoms with Crippen LogP contribution in [0.2, 0.25) is 10.0 Å². The molecule has 1 saturated heterocycles. The van der Waals surface area contributed by atoms with Gasteiger partial charge in [-0.05, 0) is 31.5 Å². The monoisotopic (exact) mass is 272 g/mol. The van der Waals surface area contributed by atoms with E-state index in [0.717, 1.165) is 35.2 Å². The normalized spacial score (nSPS) is 20.5. The third-order valence-electron chi connectivity index (χ3n) is 3.17. The van der Waals surface area contributed by atoms with Gasteiger partial charge in [0.25, 0.3) is 0 Å². The quantitative estimate of drug-likeness (QED) is 0.880. The summed E-state index contributed by atoms with van der Waals surface area (Å²) in [6, 6.07) is 6.22. The second kappa shape index (κ2) is 6.60. The highest BCUT2D eigenvalue weighted by atomic mass is 35.5. The molecule has 1 atom stereocenters. The fourth-order valence-electron chi connectivity index (χ4n) is 2.17. The Hall–Kier alpha value is -0.280. The summed E-state index contributed by atoms with van der Waals surface area (Å²) in [5, 5.41) is 8.40. The van der Waals surface area contributed by atoms with Crippen LogP contribution in [0.3, 0.4) is 0 Å². The van der Waals surface area contributed by atoms with E-state index in [0.29, 0.717) is 6.04 Å². The molecule has 1 aromatic rings. The summed E-state index contributed by atoms with van der Waals surface area (Å²) in [5.41, 5.74) is 0.992. The molecule has 4 heteroatoms. The lowest BCUT2D eigenvalue weighted by Gasteiger charge is -2.23. The summed E-state index contributed by atoms with van der Waals surface area (Å²) in [6.07, 6.45) is 3.88. The van der Waals surface area contributed by atoms with Crippen LogP contribution in [0.1, 0.15) is 24.8 Å². The van der Waals surface area contributed by atoms with E-state index in [9.17, 15) is 0 Å². The molecule has 0 saturated carbocycles. The topological polar surface area (TPSA) is 24.1 Å². The molecule has 17 heavy (non-hydrogen) atoms. The van der Waals surface area contributed by atoms with Crippen molar-refractivity contribution >= 4 is 23.2 Å². The van der Waals surface area contributed by atoms with Gasteiger partial charge < -0.3 is 10.6 Å². The van der Waals surface area contributed by atoms with E-state index in [2.05, 4.69) is 10.6 Å². The molecule has 0 bridgehead atoms. The lowest BCUT2D eigenvalue weighted by molar-refractivity contribution is 0.383. The molecule has 94 valence electrons. The lowest BCUT2D eigenvalue weighted by atomic mass is 10.1. The SMILES string of the molecule is Clc1cccc(Cl)c1CNC[C@@H]1CCCCN1. The third kappa shape index (κ3) is 3.85. The minimum Gasteiger partial charge on any atom is -0.313 e. The fraction of sp³-hybridized carbons (Fsp3) is 0.538. The van der Waals surface area contributed by atoms with Crippen molar-refractivity contribution in [3.05, 3.63) is 33.8 Å². The number of hydrogen-bond acceptors (Lipinski definition) is 2. The second-order valence-corrected chi connectivity index (χ2v) is 5.29. The molecule has 1 heterocycles. The van der Waals surface area contributed by atoms with Gasteiger partial charge in [0, 0.05) is 34.7 Å². The number of nitrogens with one attached hydrogen (secondary N) is 2. The third-order valence-corrected chi connectivity index (χ3v) is 3.87. The number of rotatable bonds is 4. The first kappa shape index (κ1) is 13.2. The van der Waals surface area contributed by atoms with Crippen LogP contribution in [-0.4, -0.2) is 19.1 Å². The molecule has 1 fully saturated rings. The van der Waals surface area contributed by atoms with Crippen LogP contribution in [0.4, 0.5) is 0 Å². The lowest BCUT2D eigenvalue weighted by Crippen LogP contribution is -2.41. The molecule has 0 spiro atoms. The minimum atomic E-state index is 0.588. The van der Waals surface area contributed by atoms with Gasteiger partial charge in [0.2, 0.25) is 0 Å². The summed E-state index contributed by atoms with van der Waals surface area (Å²) >= 11 is 12.2. The van der Waals surface area contributed by atoms with Gasteiger partial charge >= 0.3 is 0 Å². The van der Waals surface area contributed by atoms with Gasteiger partial charge in [-0.15, -0.1) is 0 Å². The van der Waals surface area contributed by atoms with E-state index in [1.165, 1.54) is 19.3 Å². The van der Waals surface area contributed by atoms with E-state index < -0.39 is 0 Å². The second-order valence-electron chi connectivity index (χ2n) is 4.48. The molecule has 0 aliphatic carbocycles. The molecule has 1 aliphatic rings. The first-order chi connectivity index (χ1) is 8.27. The zero-order chi connectivity index (χ0) is 12.1. The van der Waals surface area contributed by atoms with Gasteiger partial charge in [-0.2, -0.15) is 0 Å². The van der Waals surface area contributed by atoms with Crippen molar-refractivity contribution in [2.24, 2.45) is 0 Å². The molecule has 2 N–H and O–H groups in total. The minimum absolute atomic E-state index is 0.588. The summed E-state index contributed by atoms with van der Waals surface area (Å²) in [4.78, 5) is 0. The van der Waals surface area contributed by atoms with Crippen LogP contribution in [0, 0.1) is 0 Å². The molecule has 2 rings (SSSR count). The summed E-state index contributed by atoms with van der Waals surface area (Å²) in [6.45, 7) is 2.84. The number of halogens is 2. The Bertz CT molecular complexity index is 342. The van der Waals surface area contributed by atoms with Gasteiger partial charge in [0.1, 0.15) is 0 Å². The van der Waals surface area contributed by atoms with E-state index in [1.54, 1.807) is 0 Å². The van der Waals surface area contributed by atoms with Crippen LogP contribution < -0.4 is 10.6 Å². The highest BCUT2D eigenvalue weighted by Gasteiger charge is 2.12. The van der Waals surface area contributed by atoms with E-state index in [1.807, 2.05) is 18.2 Å². The van der Waals surface area contributed by atoms with Crippen LogP contribution in [0.25, 0.3) is 0 Å². The molecule has 0 radical (unpaired) electrons. The largest absolute Gasteiger partial charge is 0.313 e. The number of piperidine rings is 1. The van der Waals surface area contributed by atoms with Crippen molar-refractivity contribution in [2.45, 2.75) is 31.8 Å². The highest BCUT2D eigenvalue weighted by Crippen LogP contribution is 2.23. The fourth-order valence-corrected chi connectivity index (χ4v) is 2.70. The van der Waals surface area contributed by atoms with Gasteiger partial charge in [-0.3, -0.25) is 0 Å². The first-order valence-electron chi connectivity index (χ1n) is 6.14. The first-order valence-corrected chi connectivity index (χ1v) is 6.90. The van der Waals surface area contributed by atoms with Crippen LogP contribution in [-0.2, 0) is 6.54 Å². The number of benzene rings is 1. The Balaban J connectivity index is 1.81. The molecule has 2 nitrogen and oxygen atoms in total. The predicted molar refractivity (Wildman–Crippen MR) is 73.8 cm³/mol. The van der Waals surface area contributed by atoms with Gasteiger partial charge in [0.15, 0.2) is 0 Å². The smallest absolute Gasteiger partial charge is 0.0465 e. The summed E-state index contributed by atoms with van der Waals surface area (Å²) in [7, 11) is 0. The summed E-state index contributed by atoms with van der Waals surface area (Å²) < 4.78 is 0. The predicted octanol–water partition coefficient (Wildman–Crippen LogP) is 3.23. The Morgan fingerprint density at radius 2 is 2.00 bits per heavy atom. The van der Waals surface area contributed by atoms with Crippen LogP contribution >= 0.6 is 23.2 Å². The average Bonchev–Trinajstić information content (AvgIpc) is 2.34. The van der Waals surface area contributed by atoms with Crippen LogP contribution in [0.5, 0.6) is 0 Å². The zero-order valence-electron chi connectivity index (χ0n) is 9.81.